The van der Waals surface area contributed by atoms with Crippen molar-refractivity contribution in [3.05, 3.63) is 41.6 Å². The SMILES string of the molecule is CC(C)(C)N1C(=O)C(NCCN)=C(c2ccccc2)S1(=O)=O. The fourth-order valence-corrected chi connectivity index (χ4v) is 4.49. The van der Waals surface area contributed by atoms with Crippen LogP contribution in [0.4, 0.5) is 0 Å². The van der Waals surface area contributed by atoms with E-state index in [0.29, 0.717) is 18.7 Å². The summed E-state index contributed by atoms with van der Waals surface area (Å²) in [6.07, 6.45) is 0. The number of carbonyl (C=O) groups excluding carboxylic acids is 1. The summed E-state index contributed by atoms with van der Waals surface area (Å²) in [7, 11) is -3.91. The van der Waals surface area contributed by atoms with Gasteiger partial charge < -0.3 is 11.1 Å². The van der Waals surface area contributed by atoms with Crippen molar-refractivity contribution in [2.75, 3.05) is 13.1 Å². The van der Waals surface area contributed by atoms with Gasteiger partial charge in [-0.05, 0) is 26.3 Å². The topological polar surface area (TPSA) is 92.5 Å². The van der Waals surface area contributed by atoms with Crippen LogP contribution in [0.3, 0.4) is 0 Å². The number of hydrogen-bond donors (Lipinski definition) is 2. The molecule has 22 heavy (non-hydrogen) atoms. The minimum atomic E-state index is -3.91. The molecule has 0 bridgehead atoms. The van der Waals surface area contributed by atoms with Crippen LogP contribution in [0.2, 0.25) is 0 Å². The van der Waals surface area contributed by atoms with Crippen molar-refractivity contribution in [1.82, 2.24) is 9.62 Å². The van der Waals surface area contributed by atoms with Gasteiger partial charge in [0.25, 0.3) is 15.9 Å². The van der Waals surface area contributed by atoms with Gasteiger partial charge in [0.2, 0.25) is 0 Å². The summed E-state index contributed by atoms with van der Waals surface area (Å²) in [5.74, 6) is -0.542. The van der Waals surface area contributed by atoms with E-state index in [1.165, 1.54) is 0 Å². The number of rotatable bonds is 4. The highest BCUT2D eigenvalue weighted by molar-refractivity contribution is 7.99. The molecule has 120 valence electrons. The first-order valence-electron chi connectivity index (χ1n) is 7.04. The lowest BCUT2D eigenvalue weighted by molar-refractivity contribution is -0.125. The maximum atomic E-state index is 12.9. The molecule has 1 heterocycles. The number of nitrogens with zero attached hydrogens (tertiary/aromatic N) is 1. The van der Waals surface area contributed by atoms with Crippen LogP contribution in [0.15, 0.2) is 36.0 Å². The smallest absolute Gasteiger partial charge is 0.285 e. The second-order valence-electron chi connectivity index (χ2n) is 6.03. The zero-order valence-electron chi connectivity index (χ0n) is 13.0. The molecule has 0 saturated carbocycles. The molecule has 0 spiro atoms. The van der Waals surface area contributed by atoms with Crippen molar-refractivity contribution in [3.63, 3.8) is 0 Å². The lowest BCUT2D eigenvalue weighted by atomic mass is 10.1. The van der Waals surface area contributed by atoms with E-state index in [1.54, 1.807) is 51.1 Å². The van der Waals surface area contributed by atoms with Crippen molar-refractivity contribution in [2.24, 2.45) is 5.73 Å². The van der Waals surface area contributed by atoms with E-state index in [0.717, 1.165) is 4.31 Å². The quantitative estimate of drug-likeness (QED) is 0.858. The third kappa shape index (κ3) is 2.74. The fraction of sp³-hybridized carbons (Fsp3) is 0.400. The van der Waals surface area contributed by atoms with Gasteiger partial charge in [-0.25, -0.2) is 12.7 Å². The normalized spacial score (nSPS) is 18.0. The van der Waals surface area contributed by atoms with Gasteiger partial charge in [-0.1, -0.05) is 30.3 Å². The Morgan fingerprint density at radius 1 is 1.18 bits per heavy atom. The van der Waals surface area contributed by atoms with E-state index >= 15 is 0 Å². The van der Waals surface area contributed by atoms with Crippen LogP contribution >= 0.6 is 0 Å². The maximum Gasteiger partial charge on any atom is 0.285 e. The minimum absolute atomic E-state index is 0.0153. The van der Waals surface area contributed by atoms with Gasteiger partial charge in [0.1, 0.15) is 10.6 Å². The van der Waals surface area contributed by atoms with Crippen LogP contribution in [0, 0.1) is 0 Å². The Morgan fingerprint density at radius 3 is 2.27 bits per heavy atom. The van der Waals surface area contributed by atoms with E-state index in [4.69, 9.17) is 5.73 Å². The summed E-state index contributed by atoms with van der Waals surface area (Å²) in [4.78, 5) is 12.7. The van der Waals surface area contributed by atoms with E-state index in [2.05, 4.69) is 5.32 Å². The van der Waals surface area contributed by atoms with Gasteiger partial charge in [0.05, 0.1) is 5.54 Å². The van der Waals surface area contributed by atoms with Crippen LogP contribution in [0.1, 0.15) is 26.3 Å². The first-order chi connectivity index (χ1) is 10.2. The maximum absolute atomic E-state index is 12.9. The highest BCUT2D eigenvalue weighted by Gasteiger charge is 2.49. The van der Waals surface area contributed by atoms with Gasteiger partial charge >= 0.3 is 0 Å². The molecule has 1 aliphatic rings. The van der Waals surface area contributed by atoms with E-state index < -0.39 is 21.5 Å². The summed E-state index contributed by atoms with van der Waals surface area (Å²) >= 11 is 0. The third-order valence-corrected chi connectivity index (χ3v) is 5.37. The highest BCUT2D eigenvalue weighted by Crippen LogP contribution is 2.38. The number of carbonyl (C=O) groups is 1. The lowest BCUT2D eigenvalue weighted by Gasteiger charge is -2.30. The molecule has 0 radical (unpaired) electrons. The van der Waals surface area contributed by atoms with Crippen LogP contribution in [-0.4, -0.2) is 37.3 Å². The highest BCUT2D eigenvalue weighted by atomic mass is 32.2. The number of amides is 1. The molecule has 6 nitrogen and oxygen atoms in total. The first-order valence-corrected chi connectivity index (χ1v) is 8.48. The van der Waals surface area contributed by atoms with Crippen molar-refractivity contribution in [1.29, 1.82) is 0 Å². The lowest BCUT2D eigenvalue weighted by Crippen LogP contribution is -2.47. The first kappa shape index (κ1) is 16.5. The molecule has 0 aliphatic carbocycles. The van der Waals surface area contributed by atoms with Crippen LogP contribution in [-0.2, 0) is 14.8 Å². The van der Waals surface area contributed by atoms with Crippen LogP contribution in [0.5, 0.6) is 0 Å². The molecule has 1 amide bonds. The molecule has 1 aromatic rings. The summed E-state index contributed by atoms with van der Waals surface area (Å²) < 4.78 is 26.7. The summed E-state index contributed by atoms with van der Waals surface area (Å²) in [6.45, 7) is 5.70. The predicted molar refractivity (Wildman–Crippen MR) is 85.9 cm³/mol. The molecule has 7 heteroatoms. The Balaban J connectivity index is 2.66. The molecule has 1 aliphatic heterocycles. The number of nitrogens with two attached hydrogens (primary N) is 1. The molecule has 2 rings (SSSR count). The molecule has 0 fully saturated rings. The number of benzene rings is 1. The number of nitrogens with one attached hydrogen (secondary N) is 1. The zero-order valence-corrected chi connectivity index (χ0v) is 13.8. The zero-order chi connectivity index (χ0) is 16.5. The second-order valence-corrected chi connectivity index (χ2v) is 7.75. The Bertz CT molecular complexity index is 703. The Hall–Kier alpha value is -1.86. The molecule has 0 aromatic heterocycles. The number of sulfonamides is 1. The van der Waals surface area contributed by atoms with E-state index in [1.807, 2.05) is 0 Å². The van der Waals surface area contributed by atoms with Crippen molar-refractivity contribution in [2.45, 2.75) is 26.3 Å². The van der Waals surface area contributed by atoms with E-state index in [9.17, 15) is 13.2 Å². The molecule has 0 unspecified atom stereocenters. The third-order valence-electron chi connectivity index (χ3n) is 3.22. The average molecular weight is 323 g/mol. The average Bonchev–Trinajstić information content (AvgIpc) is 2.62. The Labute approximate surface area is 131 Å². The molecular formula is C15H21N3O3S. The molecule has 1 aromatic carbocycles. The summed E-state index contributed by atoms with van der Waals surface area (Å²) in [5, 5.41) is 2.87. The largest absolute Gasteiger partial charge is 0.378 e. The van der Waals surface area contributed by atoms with Crippen molar-refractivity contribution < 1.29 is 13.2 Å². The van der Waals surface area contributed by atoms with E-state index in [-0.39, 0.29) is 10.6 Å². The van der Waals surface area contributed by atoms with Gasteiger partial charge in [-0.15, -0.1) is 0 Å². The molecule has 0 saturated heterocycles. The van der Waals surface area contributed by atoms with Gasteiger partial charge in [0.15, 0.2) is 0 Å². The Kier molecular flexibility index (Phi) is 4.30. The standard InChI is InChI=1S/C15H21N3O3S/c1-15(2,3)18-14(19)12(17-10-9-16)13(22(18,20)21)11-7-5-4-6-8-11/h4-8,17H,9-10,16H2,1-3H3. The van der Waals surface area contributed by atoms with Crippen LogP contribution in [0.25, 0.3) is 4.91 Å². The molecular weight excluding hydrogens is 302 g/mol. The van der Waals surface area contributed by atoms with Crippen molar-refractivity contribution in [3.8, 4) is 0 Å². The fourth-order valence-electron chi connectivity index (χ4n) is 2.43. The monoisotopic (exact) mass is 323 g/mol. The summed E-state index contributed by atoms with van der Waals surface area (Å²) in [5.41, 5.74) is 5.20. The predicted octanol–water partition coefficient (Wildman–Crippen LogP) is 0.874. The number of hydrogen-bond acceptors (Lipinski definition) is 5. The van der Waals surface area contributed by atoms with Gasteiger partial charge in [-0.3, -0.25) is 4.79 Å². The van der Waals surface area contributed by atoms with Crippen molar-refractivity contribution >= 4 is 20.8 Å². The van der Waals surface area contributed by atoms with Gasteiger partial charge in [0, 0.05) is 13.1 Å². The molecule has 0 atom stereocenters. The second kappa shape index (κ2) is 5.73. The minimum Gasteiger partial charge on any atom is -0.378 e. The Morgan fingerprint density at radius 2 is 1.77 bits per heavy atom. The van der Waals surface area contributed by atoms with Gasteiger partial charge in [-0.2, -0.15) is 0 Å². The molecule has 3 N–H and O–H groups in total. The van der Waals surface area contributed by atoms with Crippen LogP contribution < -0.4 is 11.1 Å². The summed E-state index contributed by atoms with van der Waals surface area (Å²) in [6, 6.07) is 8.63.